The molecule has 0 aromatic heterocycles. The van der Waals surface area contributed by atoms with Crippen molar-refractivity contribution < 1.29 is 33.3 Å². The van der Waals surface area contributed by atoms with Crippen molar-refractivity contribution in [2.75, 3.05) is 18.0 Å². The first-order chi connectivity index (χ1) is 21.9. The maximum absolute atomic E-state index is 12.1. The summed E-state index contributed by atoms with van der Waals surface area (Å²) in [6, 6.07) is 11.3. The molecular weight excluding hydrogens is 613 g/mol. The fourth-order valence-electron chi connectivity index (χ4n) is 4.83. The summed E-state index contributed by atoms with van der Waals surface area (Å²) in [5, 5.41) is 26.5. The Hall–Kier alpha value is -4.49. The van der Waals surface area contributed by atoms with Crippen molar-refractivity contribution in [2.24, 2.45) is 0 Å². The van der Waals surface area contributed by atoms with E-state index in [2.05, 4.69) is 15.5 Å². The highest BCUT2D eigenvalue weighted by atomic mass is 19.1. The van der Waals surface area contributed by atoms with Gasteiger partial charge >= 0.3 is 12.2 Å². The monoisotopic (exact) mass is 661 g/mol. The van der Waals surface area contributed by atoms with Crippen molar-refractivity contribution in [1.82, 2.24) is 10.6 Å². The Labute approximate surface area is 275 Å². The molecule has 2 aromatic carbocycles. The number of amides is 2. The van der Waals surface area contributed by atoms with Crippen LogP contribution in [0.3, 0.4) is 0 Å². The molecule has 47 heavy (non-hydrogen) atoms. The molecule has 1 aliphatic heterocycles. The molecule has 260 valence electrons. The lowest BCUT2D eigenvalue weighted by Crippen LogP contribution is -2.46. The third-order valence-electron chi connectivity index (χ3n) is 7.00. The van der Waals surface area contributed by atoms with Crippen molar-refractivity contribution in [3.8, 4) is 0 Å². The van der Waals surface area contributed by atoms with Crippen molar-refractivity contribution in [3.63, 3.8) is 0 Å². The molecule has 2 fully saturated rings. The molecule has 1 heterocycles. The highest BCUT2D eigenvalue weighted by Gasteiger charge is 2.24. The second kappa shape index (κ2) is 18.0. The van der Waals surface area contributed by atoms with E-state index in [0.717, 1.165) is 68.7 Å². The molecule has 0 radical (unpaired) electrons. The van der Waals surface area contributed by atoms with Gasteiger partial charge in [-0.2, -0.15) is 0 Å². The number of halogens is 1. The first-order valence-electron chi connectivity index (χ1n) is 15.8. The Morgan fingerprint density at radius 2 is 1.09 bits per heavy atom. The number of alkyl carbamates (subject to hydrolysis) is 2. The number of nitro benzene ring substituents is 2. The fraction of sp³-hybridized carbons (Fsp3) is 0.576. The van der Waals surface area contributed by atoms with Gasteiger partial charge in [-0.05, 0) is 91.5 Å². The van der Waals surface area contributed by atoms with E-state index in [9.17, 15) is 34.2 Å². The maximum Gasteiger partial charge on any atom is 0.407 e. The second-order valence-electron chi connectivity index (χ2n) is 13.4. The fourth-order valence-corrected chi connectivity index (χ4v) is 4.83. The van der Waals surface area contributed by atoms with Gasteiger partial charge in [0.2, 0.25) is 0 Å². The average molecular weight is 662 g/mol. The van der Waals surface area contributed by atoms with Crippen LogP contribution in [0.1, 0.15) is 86.5 Å². The van der Waals surface area contributed by atoms with Gasteiger partial charge in [-0.15, -0.1) is 0 Å². The number of carbonyl (C=O) groups excluding carboxylic acids is 2. The van der Waals surface area contributed by atoms with Crippen molar-refractivity contribution in [3.05, 3.63) is 74.6 Å². The van der Waals surface area contributed by atoms with Gasteiger partial charge in [-0.25, -0.2) is 14.0 Å². The summed E-state index contributed by atoms with van der Waals surface area (Å²) in [4.78, 5) is 45.0. The van der Waals surface area contributed by atoms with Crippen LogP contribution in [-0.2, 0) is 9.47 Å². The third kappa shape index (κ3) is 16.1. The molecule has 1 saturated heterocycles. The van der Waals surface area contributed by atoms with Gasteiger partial charge in [-0.1, -0.05) is 19.3 Å². The Morgan fingerprint density at radius 3 is 1.47 bits per heavy atom. The molecule has 14 heteroatoms. The number of nitrogens with one attached hydrogen (secondary N) is 2. The van der Waals surface area contributed by atoms with E-state index in [-0.39, 0.29) is 29.6 Å². The largest absolute Gasteiger partial charge is 0.444 e. The van der Waals surface area contributed by atoms with Crippen molar-refractivity contribution in [1.29, 1.82) is 0 Å². The normalized spacial score (nSPS) is 15.5. The van der Waals surface area contributed by atoms with Crippen molar-refractivity contribution >= 4 is 29.2 Å². The van der Waals surface area contributed by atoms with Gasteiger partial charge in [-0.3, -0.25) is 20.2 Å². The van der Waals surface area contributed by atoms with Crippen LogP contribution in [0.5, 0.6) is 0 Å². The third-order valence-corrected chi connectivity index (χ3v) is 7.00. The van der Waals surface area contributed by atoms with Crippen molar-refractivity contribution in [2.45, 2.75) is 110 Å². The van der Waals surface area contributed by atoms with Crippen LogP contribution >= 0.6 is 0 Å². The molecule has 2 aromatic rings. The number of carbonyl (C=O) groups is 2. The van der Waals surface area contributed by atoms with Crippen LogP contribution < -0.4 is 15.5 Å². The lowest BCUT2D eigenvalue weighted by atomic mass is 9.96. The molecule has 0 unspecified atom stereocenters. The number of piperidine rings is 1. The maximum atomic E-state index is 12.1. The van der Waals surface area contributed by atoms with E-state index in [1.807, 2.05) is 41.5 Å². The number of anilines is 1. The quantitative estimate of drug-likeness (QED) is 0.241. The highest BCUT2D eigenvalue weighted by molar-refractivity contribution is 5.68. The molecule has 0 atom stereocenters. The number of hydrogen-bond donors (Lipinski definition) is 2. The smallest absolute Gasteiger partial charge is 0.407 e. The molecule has 13 nitrogen and oxygen atoms in total. The summed E-state index contributed by atoms with van der Waals surface area (Å²) in [6.45, 7) is 12.7. The van der Waals surface area contributed by atoms with Crippen LogP contribution in [0.4, 0.5) is 31.0 Å². The minimum Gasteiger partial charge on any atom is -0.444 e. The van der Waals surface area contributed by atoms with Crippen LogP contribution in [0, 0.1) is 26.0 Å². The number of nitro groups is 2. The lowest BCUT2D eigenvalue weighted by Gasteiger charge is -2.34. The zero-order valence-electron chi connectivity index (χ0n) is 28.1. The summed E-state index contributed by atoms with van der Waals surface area (Å²) in [5.41, 5.74) is 0.0744. The molecule has 0 bridgehead atoms. The minimum absolute atomic E-state index is 0.0928. The first-order valence-corrected chi connectivity index (χ1v) is 15.8. The molecular formula is C33H48FN5O8. The summed E-state index contributed by atoms with van der Waals surface area (Å²) < 4.78 is 22.6. The average Bonchev–Trinajstić information content (AvgIpc) is 2.97. The first kappa shape index (κ1) is 38.7. The molecule has 1 aliphatic carbocycles. The zero-order chi connectivity index (χ0) is 35.2. The highest BCUT2D eigenvalue weighted by Crippen LogP contribution is 2.23. The van der Waals surface area contributed by atoms with Gasteiger partial charge in [0.25, 0.3) is 11.4 Å². The summed E-state index contributed by atoms with van der Waals surface area (Å²) in [5.74, 6) is -0.467. The van der Waals surface area contributed by atoms with Gasteiger partial charge in [0, 0.05) is 55.1 Å². The molecule has 2 amide bonds. The van der Waals surface area contributed by atoms with E-state index in [0.29, 0.717) is 6.04 Å². The van der Waals surface area contributed by atoms with Crippen LogP contribution in [0.15, 0.2) is 48.5 Å². The summed E-state index contributed by atoms with van der Waals surface area (Å²) in [7, 11) is 0. The predicted molar refractivity (Wildman–Crippen MR) is 177 cm³/mol. The predicted octanol–water partition coefficient (Wildman–Crippen LogP) is 7.67. The molecule has 2 N–H and O–H groups in total. The van der Waals surface area contributed by atoms with Gasteiger partial charge < -0.3 is 25.0 Å². The van der Waals surface area contributed by atoms with Crippen LogP contribution in [0.25, 0.3) is 0 Å². The summed E-state index contributed by atoms with van der Waals surface area (Å²) >= 11 is 0. The van der Waals surface area contributed by atoms with E-state index in [4.69, 9.17) is 9.47 Å². The summed E-state index contributed by atoms with van der Waals surface area (Å²) in [6.07, 6.45) is 6.91. The number of nitrogens with zero attached hydrogens (tertiary/aromatic N) is 3. The van der Waals surface area contributed by atoms with E-state index in [1.54, 1.807) is 12.1 Å². The van der Waals surface area contributed by atoms with Crippen LogP contribution in [-0.4, -0.2) is 58.4 Å². The standard InChI is InChI=1S/C16H23N3O4.C11H21NO2.C6H4FNO2/c1-16(2,3)23-15(20)17-12-8-10-18(11-9-12)13-4-6-14(7-5-13)19(21)22;1-11(2,3)14-10(13)12-9-7-5-4-6-8-9;7-5-1-3-6(4-2-5)8(9)10/h4-7,12H,8-11H2,1-3H3,(H,17,20);9H,4-8H2,1-3H3,(H,12,13);1-4H. The Bertz CT molecular complexity index is 1300. The van der Waals surface area contributed by atoms with E-state index >= 15 is 0 Å². The molecule has 4 rings (SSSR count). The van der Waals surface area contributed by atoms with E-state index < -0.39 is 26.9 Å². The van der Waals surface area contributed by atoms with Gasteiger partial charge in [0.05, 0.1) is 9.85 Å². The Kier molecular flexibility index (Phi) is 14.8. The topological polar surface area (TPSA) is 166 Å². The van der Waals surface area contributed by atoms with Gasteiger partial charge in [0.15, 0.2) is 0 Å². The zero-order valence-corrected chi connectivity index (χ0v) is 28.1. The van der Waals surface area contributed by atoms with Crippen LogP contribution in [0.2, 0.25) is 0 Å². The van der Waals surface area contributed by atoms with E-state index in [1.165, 1.54) is 31.4 Å². The van der Waals surface area contributed by atoms with Gasteiger partial charge in [0.1, 0.15) is 17.0 Å². The molecule has 2 aliphatic rings. The molecule has 0 spiro atoms. The number of ether oxygens (including phenoxy) is 2. The number of hydrogen-bond acceptors (Lipinski definition) is 9. The number of rotatable bonds is 5. The Balaban J connectivity index is 0.000000271. The minimum atomic E-state index is -0.570. The Morgan fingerprint density at radius 1 is 0.702 bits per heavy atom. The number of benzene rings is 2. The lowest BCUT2D eigenvalue weighted by molar-refractivity contribution is -0.385. The number of non-ortho nitro benzene ring substituents is 2. The molecule has 1 saturated carbocycles. The SMILES string of the molecule is CC(C)(C)OC(=O)NC1CCCCC1.CC(C)(C)OC(=O)NC1CCN(c2ccc([N+](=O)[O-])cc2)CC1.O=[N+]([O-])c1ccc(F)cc1. The second-order valence-corrected chi connectivity index (χ2v) is 13.4.